The van der Waals surface area contributed by atoms with Gasteiger partial charge in [-0.2, -0.15) is 0 Å². The van der Waals surface area contributed by atoms with Crippen LogP contribution in [0.15, 0.2) is 84.0 Å². The Morgan fingerprint density at radius 1 is 0.875 bits per heavy atom. The topological polar surface area (TPSA) is 30.8 Å². The van der Waals surface area contributed by atoms with Gasteiger partial charge < -0.3 is 9.57 Å². The summed E-state index contributed by atoms with van der Waals surface area (Å²) in [4.78, 5) is 5.43. The van der Waals surface area contributed by atoms with Crippen molar-refractivity contribution in [2.75, 3.05) is 7.11 Å². The van der Waals surface area contributed by atoms with Gasteiger partial charge >= 0.3 is 0 Å². The van der Waals surface area contributed by atoms with E-state index in [9.17, 15) is 0 Å². The summed E-state index contributed by atoms with van der Waals surface area (Å²) in [5, 5.41) is 3.94. The molecule has 0 aromatic heterocycles. The Morgan fingerprint density at radius 3 is 2.50 bits per heavy atom. The highest BCUT2D eigenvalue weighted by molar-refractivity contribution is 5.79. The molecule has 0 saturated carbocycles. The molecule has 0 fully saturated rings. The average Bonchev–Trinajstić information content (AvgIpc) is 2.66. The van der Waals surface area contributed by atoms with E-state index in [-0.39, 0.29) is 0 Å². The molecular weight excluding hydrogens is 298 g/mol. The second-order valence-electron chi connectivity index (χ2n) is 5.23. The number of hydrogen-bond acceptors (Lipinski definition) is 3. The van der Waals surface area contributed by atoms with Gasteiger partial charge in [0, 0.05) is 5.56 Å². The van der Waals surface area contributed by atoms with Crippen molar-refractivity contribution in [1.29, 1.82) is 0 Å². The van der Waals surface area contributed by atoms with E-state index in [0.29, 0.717) is 6.61 Å². The molecule has 0 atom stereocenters. The van der Waals surface area contributed by atoms with Gasteiger partial charge in [-0.25, -0.2) is 0 Å². The lowest BCUT2D eigenvalue weighted by Gasteiger charge is -2.08. The third-order valence-electron chi connectivity index (χ3n) is 3.63. The Bertz CT molecular complexity index is 813. The van der Waals surface area contributed by atoms with E-state index in [1.807, 2.05) is 60.7 Å². The molecule has 0 heterocycles. The van der Waals surface area contributed by atoms with Crippen LogP contribution in [0, 0.1) is 0 Å². The first-order valence-corrected chi connectivity index (χ1v) is 7.72. The summed E-state index contributed by atoms with van der Waals surface area (Å²) in [6.45, 7) is 0.391. The fourth-order valence-electron chi connectivity index (χ4n) is 2.42. The van der Waals surface area contributed by atoms with E-state index in [1.54, 1.807) is 7.11 Å². The van der Waals surface area contributed by atoms with Crippen LogP contribution in [-0.2, 0) is 11.4 Å². The molecule has 3 aromatic carbocycles. The summed E-state index contributed by atoms with van der Waals surface area (Å²) >= 11 is 0. The van der Waals surface area contributed by atoms with Gasteiger partial charge in [0.15, 0.2) is 0 Å². The van der Waals surface area contributed by atoms with Crippen LogP contribution >= 0.6 is 0 Å². The monoisotopic (exact) mass is 316 g/mol. The molecule has 0 amide bonds. The molecule has 0 aliphatic heterocycles. The van der Waals surface area contributed by atoms with Gasteiger partial charge in [0.1, 0.15) is 18.6 Å². The van der Waals surface area contributed by atoms with Crippen LogP contribution in [0.5, 0.6) is 5.75 Å². The lowest BCUT2D eigenvalue weighted by Crippen LogP contribution is -1.92. The summed E-state index contributed by atoms with van der Waals surface area (Å²) in [6.07, 6.45) is 2.87. The average molecular weight is 316 g/mol. The van der Waals surface area contributed by atoms with E-state index in [2.05, 4.69) is 29.6 Å². The van der Waals surface area contributed by atoms with E-state index in [1.165, 1.54) is 0 Å². The maximum Gasteiger partial charge on any atom is 0.142 e. The molecule has 1 radical (unpaired) electrons. The van der Waals surface area contributed by atoms with Crippen LogP contribution in [0.4, 0.5) is 0 Å². The van der Waals surface area contributed by atoms with Crippen molar-refractivity contribution in [3.05, 3.63) is 90.0 Å². The fraction of sp³-hybridized carbons (Fsp3) is 0.0952. The van der Waals surface area contributed by atoms with Crippen molar-refractivity contribution in [2.24, 2.45) is 5.16 Å². The molecule has 0 N–H and O–H groups in total. The summed E-state index contributed by atoms with van der Waals surface area (Å²) in [5.74, 6) is 0.768. The first-order valence-electron chi connectivity index (χ1n) is 7.72. The normalized spacial score (nSPS) is 10.7. The molecule has 0 saturated heterocycles. The Hall–Kier alpha value is -3.07. The molecule has 3 rings (SSSR count). The van der Waals surface area contributed by atoms with Crippen molar-refractivity contribution in [1.82, 2.24) is 0 Å². The minimum Gasteiger partial charge on any atom is -0.497 e. The maximum atomic E-state index is 5.43. The number of rotatable bonds is 6. The molecule has 0 unspecified atom stereocenters. The summed E-state index contributed by atoms with van der Waals surface area (Å²) in [5.41, 5.74) is 4.21. The highest BCUT2D eigenvalue weighted by Crippen LogP contribution is 2.23. The van der Waals surface area contributed by atoms with Crippen molar-refractivity contribution in [3.63, 3.8) is 0 Å². The van der Waals surface area contributed by atoms with Crippen LogP contribution in [0.3, 0.4) is 0 Å². The fourth-order valence-corrected chi connectivity index (χ4v) is 2.42. The standard InChI is InChI=1S/C21H18NO2/c1-23-20-12-7-8-17(14-20)15-22-24-16-19-11-5-6-13-21(19)18-9-3-2-4-10-18/h2-14H,16H2,1H3. The van der Waals surface area contributed by atoms with Crippen molar-refractivity contribution in [2.45, 2.75) is 6.61 Å². The highest BCUT2D eigenvalue weighted by atomic mass is 16.6. The summed E-state index contributed by atoms with van der Waals surface area (Å²) < 4.78 is 5.17. The molecule has 0 aliphatic rings. The molecule has 3 aromatic rings. The molecule has 119 valence electrons. The zero-order valence-electron chi connectivity index (χ0n) is 13.5. The zero-order valence-corrected chi connectivity index (χ0v) is 13.5. The number of hydrogen-bond donors (Lipinski definition) is 0. The Balaban J connectivity index is 1.68. The Morgan fingerprint density at radius 2 is 1.67 bits per heavy atom. The molecular formula is C21H18NO2. The van der Waals surface area contributed by atoms with Gasteiger partial charge in [-0.15, -0.1) is 0 Å². The quantitative estimate of drug-likeness (QED) is 0.483. The predicted octanol–water partition coefficient (Wildman–Crippen LogP) is 4.79. The molecule has 0 spiro atoms. The number of benzene rings is 3. The SMILES string of the molecule is COc1cccc(/[C]=N/OCc2ccccc2-c2ccccc2)c1. The Kier molecular flexibility index (Phi) is 5.25. The number of methoxy groups -OCH3 is 1. The van der Waals surface area contributed by atoms with E-state index < -0.39 is 0 Å². The maximum absolute atomic E-state index is 5.43. The van der Waals surface area contributed by atoms with Crippen LogP contribution in [-0.4, -0.2) is 13.3 Å². The van der Waals surface area contributed by atoms with Crippen molar-refractivity contribution >= 4 is 6.21 Å². The van der Waals surface area contributed by atoms with Crippen molar-refractivity contribution in [3.8, 4) is 16.9 Å². The highest BCUT2D eigenvalue weighted by Gasteiger charge is 2.04. The van der Waals surface area contributed by atoms with Gasteiger partial charge in [-0.3, -0.25) is 0 Å². The first kappa shape index (κ1) is 15.8. The zero-order chi connectivity index (χ0) is 16.6. The van der Waals surface area contributed by atoms with Crippen LogP contribution in [0.25, 0.3) is 11.1 Å². The summed E-state index contributed by atoms with van der Waals surface area (Å²) in [7, 11) is 1.63. The molecule has 3 nitrogen and oxygen atoms in total. The summed E-state index contributed by atoms with van der Waals surface area (Å²) in [6, 6.07) is 25.9. The Labute approximate surface area is 142 Å². The van der Waals surface area contributed by atoms with Gasteiger partial charge in [0.05, 0.1) is 7.11 Å². The third kappa shape index (κ3) is 4.02. The van der Waals surface area contributed by atoms with Gasteiger partial charge in [0.25, 0.3) is 0 Å². The van der Waals surface area contributed by atoms with Crippen LogP contribution in [0.1, 0.15) is 11.1 Å². The molecule has 0 aliphatic carbocycles. The van der Waals surface area contributed by atoms with Gasteiger partial charge in [-0.1, -0.05) is 71.9 Å². The molecule has 24 heavy (non-hydrogen) atoms. The van der Waals surface area contributed by atoms with E-state index in [0.717, 1.165) is 28.0 Å². The first-order chi connectivity index (χ1) is 11.9. The van der Waals surface area contributed by atoms with Crippen LogP contribution < -0.4 is 4.74 Å². The lowest BCUT2D eigenvalue weighted by atomic mass is 10.0. The van der Waals surface area contributed by atoms with Crippen LogP contribution in [0.2, 0.25) is 0 Å². The largest absolute Gasteiger partial charge is 0.497 e. The predicted molar refractivity (Wildman–Crippen MR) is 96.2 cm³/mol. The molecule has 3 heteroatoms. The van der Waals surface area contributed by atoms with E-state index >= 15 is 0 Å². The minimum absolute atomic E-state index is 0.391. The van der Waals surface area contributed by atoms with E-state index in [4.69, 9.17) is 9.57 Å². The second kappa shape index (κ2) is 7.97. The van der Waals surface area contributed by atoms with Gasteiger partial charge in [-0.05, 0) is 28.8 Å². The smallest absolute Gasteiger partial charge is 0.142 e. The molecule has 0 bridgehead atoms. The third-order valence-corrected chi connectivity index (χ3v) is 3.63. The lowest BCUT2D eigenvalue weighted by molar-refractivity contribution is 0.132. The van der Waals surface area contributed by atoms with Gasteiger partial charge in [0.2, 0.25) is 0 Å². The second-order valence-corrected chi connectivity index (χ2v) is 5.23. The minimum atomic E-state index is 0.391. The number of ether oxygens (including phenoxy) is 1. The van der Waals surface area contributed by atoms with Crippen molar-refractivity contribution < 1.29 is 9.57 Å². The number of nitrogens with zero attached hydrogens (tertiary/aromatic N) is 1.